The number of nitrogens with zero attached hydrogens (tertiary/aromatic N) is 3. The van der Waals surface area contributed by atoms with Gasteiger partial charge in [0.15, 0.2) is 11.5 Å². The fraction of sp³-hybridized carbons (Fsp3) is 0.176. The Hall–Kier alpha value is -2.93. The molecule has 0 fully saturated rings. The quantitative estimate of drug-likeness (QED) is 0.573. The van der Waals surface area contributed by atoms with Crippen LogP contribution in [0.5, 0.6) is 11.5 Å². The van der Waals surface area contributed by atoms with Gasteiger partial charge in [-0.1, -0.05) is 11.6 Å². The predicted octanol–water partition coefficient (Wildman–Crippen LogP) is 3.69. The van der Waals surface area contributed by atoms with Crippen molar-refractivity contribution in [1.82, 2.24) is 19.6 Å². The Morgan fingerprint density at radius 2 is 1.92 bits per heavy atom. The number of aryl methyl sites for hydroxylation is 1. The molecule has 0 aliphatic carbocycles. The molecule has 0 saturated carbocycles. The lowest BCUT2D eigenvalue weighted by Gasteiger charge is -2.17. The first-order valence-electron chi connectivity index (χ1n) is 7.88. The number of aromatic nitrogens is 4. The lowest BCUT2D eigenvalue weighted by Crippen LogP contribution is -2.15. The van der Waals surface area contributed by atoms with Crippen LogP contribution in [-0.2, 0) is 0 Å². The smallest absolute Gasteiger partial charge is 0.253 e. The van der Waals surface area contributed by atoms with Gasteiger partial charge >= 0.3 is 0 Å². The van der Waals surface area contributed by atoms with Crippen molar-refractivity contribution in [3.05, 3.63) is 40.9 Å². The summed E-state index contributed by atoms with van der Waals surface area (Å²) in [5, 5.41) is 7.18. The van der Waals surface area contributed by atoms with Crippen LogP contribution in [0.4, 0.5) is 11.6 Å². The lowest BCUT2D eigenvalue weighted by atomic mass is 10.2. The Balaban J connectivity index is 1.57. The van der Waals surface area contributed by atoms with Crippen molar-refractivity contribution < 1.29 is 9.47 Å². The maximum absolute atomic E-state index is 6.00. The zero-order valence-corrected chi connectivity index (χ0v) is 14.1. The first-order chi connectivity index (χ1) is 12.2. The van der Waals surface area contributed by atoms with Crippen LogP contribution >= 0.6 is 11.6 Å². The fourth-order valence-electron chi connectivity index (χ4n) is 2.97. The molecule has 0 unspecified atom stereocenters. The second-order valence-corrected chi connectivity index (χ2v) is 6.32. The van der Waals surface area contributed by atoms with Gasteiger partial charge in [0.1, 0.15) is 13.2 Å². The normalized spacial score (nSPS) is 13.5. The fourth-order valence-corrected chi connectivity index (χ4v) is 3.20. The van der Waals surface area contributed by atoms with Gasteiger partial charge in [-0.3, -0.25) is 5.10 Å². The van der Waals surface area contributed by atoms with Crippen LogP contribution < -0.4 is 14.8 Å². The summed E-state index contributed by atoms with van der Waals surface area (Å²) in [5.74, 6) is 2.61. The molecule has 7 nitrogen and oxygen atoms in total. The number of hydrogen-bond donors (Lipinski definition) is 2. The Bertz CT molecular complexity index is 1120. The molecule has 3 heterocycles. The second-order valence-electron chi connectivity index (χ2n) is 5.89. The number of benzene rings is 2. The molecule has 8 heteroatoms. The second kappa shape index (κ2) is 5.29. The molecule has 2 aromatic heterocycles. The van der Waals surface area contributed by atoms with Gasteiger partial charge in [0.25, 0.3) is 5.78 Å². The van der Waals surface area contributed by atoms with E-state index < -0.39 is 0 Å². The summed E-state index contributed by atoms with van der Waals surface area (Å²) in [6, 6.07) is 9.45. The number of fused-ring (bicyclic) bond motifs is 4. The zero-order chi connectivity index (χ0) is 17.0. The highest BCUT2D eigenvalue weighted by Gasteiger charge is 2.17. The molecule has 0 spiro atoms. The van der Waals surface area contributed by atoms with Gasteiger partial charge in [-0.25, -0.2) is 9.50 Å². The third-order valence-electron chi connectivity index (χ3n) is 4.17. The van der Waals surface area contributed by atoms with E-state index in [0.29, 0.717) is 30.0 Å². The summed E-state index contributed by atoms with van der Waals surface area (Å²) in [5.41, 5.74) is 3.65. The minimum Gasteiger partial charge on any atom is -0.486 e. The minimum absolute atomic E-state index is 0.548. The van der Waals surface area contributed by atoms with Crippen molar-refractivity contribution in [2.45, 2.75) is 6.92 Å². The number of aromatic amines is 1. The molecule has 5 rings (SSSR count). The minimum atomic E-state index is 0.548. The summed E-state index contributed by atoms with van der Waals surface area (Å²) >= 11 is 6.00. The molecular formula is C17H14ClN5O2. The SMILES string of the molecule is Cc1cc(Cl)ccc1Nc1nc2nc3cc4c(cc3n2[nH]1)OCCO4. The van der Waals surface area contributed by atoms with Gasteiger partial charge in [0, 0.05) is 22.8 Å². The van der Waals surface area contributed by atoms with Gasteiger partial charge in [-0.2, -0.15) is 4.98 Å². The number of hydrogen-bond acceptors (Lipinski definition) is 5. The summed E-state index contributed by atoms with van der Waals surface area (Å²) in [6.07, 6.45) is 0. The molecule has 0 radical (unpaired) electrons. The molecule has 2 aromatic carbocycles. The molecule has 1 aliphatic heterocycles. The largest absolute Gasteiger partial charge is 0.486 e. The van der Waals surface area contributed by atoms with Crippen LogP contribution in [0.3, 0.4) is 0 Å². The maximum atomic E-state index is 6.00. The number of H-pyrrole nitrogens is 1. The van der Waals surface area contributed by atoms with Crippen LogP contribution in [0.15, 0.2) is 30.3 Å². The van der Waals surface area contributed by atoms with Crippen molar-refractivity contribution in [1.29, 1.82) is 0 Å². The Morgan fingerprint density at radius 1 is 1.12 bits per heavy atom. The van der Waals surface area contributed by atoms with Crippen LogP contribution in [-0.4, -0.2) is 32.8 Å². The van der Waals surface area contributed by atoms with Gasteiger partial charge in [0.2, 0.25) is 5.95 Å². The average molecular weight is 356 g/mol. The van der Waals surface area contributed by atoms with E-state index >= 15 is 0 Å². The van der Waals surface area contributed by atoms with E-state index in [0.717, 1.165) is 33.8 Å². The van der Waals surface area contributed by atoms with Crippen LogP contribution in [0, 0.1) is 6.92 Å². The average Bonchev–Trinajstić information content (AvgIpc) is 3.12. The third kappa shape index (κ3) is 2.35. The van der Waals surface area contributed by atoms with E-state index in [2.05, 4.69) is 20.4 Å². The van der Waals surface area contributed by atoms with Crippen LogP contribution in [0.25, 0.3) is 16.8 Å². The number of rotatable bonds is 2. The molecule has 0 atom stereocenters. The maximum Gasteiger partial charge on any atom is 0.253 e. The molecule has 0 amide bonds. The van der Waals surface area contributed by atoms with E-state index in [1.807, 2.05) is 41.8 Å². The first kappa shape index (κ1) is 14.4. The van der Waals surface area contributed by atoms with Crippen molar-refractivity contribution in [2.24, 2.45) is 0 Å². The number of imidazole rings is 1. The van der Waals surface area contributed by atoms with Gasteiger partial charge in [-0.05, 0) is 30.7 Å². The third-order valence-corrected chi connectivity index (χ3v) is 4.41. The van der Waals surface area contributed by atoms with Gasteiger partial charge in [-0.15, -0.1) is 0 Å². The van der Waals surface area contributed by atoms with E-state index in [4.69, 9.17) is 21.1 Å². The van der Waals surface area contributed by atoms with Crippen LogP contribution in [0.1, 0.15) is 5.56 Å². The Morgan fingerprint density at radius 3 is 2.72 bits per heavy atom. The molecule has 4 aromatic rings. The van der Waals surface area contributed by atoms with Crippen molar-refractivity contribution in [3.63, 3.8) is 0 Å². The highest BCUT2D eigenvalue weighted by atomic mass is 35.5. The summed E-state index contributed by atoms with van der Waals surface area (Å²) in [6.45, 7) is 3.09. The molecule has 1 aliphatic rings. The molecule has 25 heavy (non-hydrogen) atoms. The molecule has 2 N–H and O–H groups in total. The predicted molar refractivity (Wildman–Crippen MR) is 95.3 cm³/mol. The lowest BCUT2D eigenvalue weighted by molar-refractivity contribution is 0.172. The summed E-state index contributed by atoms with van der Waals surface area (Å²) in [7, 11) is 0. The topological polar surface area (TPSA) is 76.5 Å². The van der Waals surface area contributed by atoms with E-state index in [9.17, 15) is 0 Å². The zero-order valence-electron chi connectivity index (χ0n) is 13.3. The summed E-state index contributed by atoms with van der Waals surface area (Å²) in [4.78, 5) is 9.05. The van der Waals surface area contributed by atoms with Gasteiger partial charge < -0.3 is 14.8 Å². The number of ether oxygens (including phenoxy) is 2. The van der Waals surface area contributed by atoms with Crippen molar-refractivity contribution in [3.8, 4) is 11.5 Å². The number of nitrogens with one attached hydrogen (secondary N) is 2. The monoisotopic (exact) mass is 355 g/mol. The van der Waals surface area contributed by atoms with Crippen molar-refractivity contribution >= 4 is 40.0 Å². The van der Waals surface area contributed by atoms with E-state index in [-0.39, 0.29) is 0 Å². The Kier molecular flexibility index (Phi) is 3.05. The molecular weight excluding hydrogens is 342 g/mol. The molecule has 0 saturated heterocycles. The number of halogens is 1. The van der Waals surface area contributed by atoms with Crippen molar-refractivity contribution in [2.75, 3.05) is 18.5 Å². The number of anilines is 2. The standard InChI is InChI=1S/C17H14ClN5O2/c1-9-6-10(18)2-3-11(9)19-16-21-17-20-12-7-14-15(25-5-4-24-14)8-13(12)23(17)22-16/h2-3,6-8H,4-5H2,1H3,(H2,19,20,21,22). The Labute approximate surface area is 147 Å². The highest BCUT2D eigenvalue weighted by Crippen LogP contribution is 2.34. The molecule has 0 bridgehead atoms. The summed E-state index contributed by atoms with van der Waals surface area (Å²) < 4.78 is 13.1. The van der Waals surface area contributed by atoms with Crippen LogP contribution in [0.2, 0.25) is 5.02 Å². The van der Waals surface area contributed by atoms with E-state index in [1.165, 1.54) is 0 Å². The highest BCUT2D eigenvalue weighted by molar-refractivity contribution is 6.30. The first-order valence-corrected chi connectivity index (χ1v) is 8.26. The van der Waals surface area contributed by atoms with Gasteiger partial charge in [0.05, 0.1) is 11.0 Å². The van der Waals surface area contributed by atoms with E-state index in [1.54, 1.807) is 0 Å². The molecule has 126 valence electrons.